The molecule has 1 rings (SSSR count). The molecule has 0 aromatic rings. The molecular weight excluding hydrogens is 186 g/mol. The monoisotopic (exact) mass is 211 g/mol. The molecule has 0 bridgehead atoms. The second-order valence-corrected chi connectivity index (χ2v) is 4.67. The third kappa shape index (κ3) is 4.80. The van der Waals surface area contributed by atoms with E-state index in [4.69, 9.17) is 4.74 Å². The Bertz CT molecular complexity index is 191. The highest BCUT2D eigenvalue weighted by molar-refractivity contribution is 4.87. The SMILES string of the molecule is C=C(C)COCCNC1CCCC1CC. The van der Waals surface area contributed by atoms with Gasteiger partial charge in [0.05, 0.1) is 13.2 Å². The van der Waals surface area contributed by atoms with Crippen LogP contribution in [-0.2, 0) is 4.74 Å². The topological polar surface area (TPSA) is 21.3 Å². The lowest BCUT2D eigenvalue weighted by atomic mass is 10.0. The molecule has 1 fully saturated rings. The molecule has 2 atom stereocenters. The third-order valence-electron chi connectivity index (χ3n) is 3.18. The largest absolute Gasteiger partial charge is 0.376 e. The fraction of sp³-hybridized carbons (Fsp3) is 0.846. The normalized spacial score (nSPS) is 25.7. The van der Waals surface area contributed by atoms with Crippen molar-refractivity contribution in [1.82, 2.24) is 5.32 Å². The molecule has 0 heterocycles. The Hall–Kier alpha value is -0.340. The molecule has 0 aromatic heterocycles. The summed E-state index contributed by atoms with van der Waals surface area (Å²) in [6.45, 7) is 10.6. The lowest BCUT2D eigenvalue weighted by Gasteiger charge is -2.19. The summed E-state index contributed by atoms with van der Waals surface area (Å²) in [5.41, 5.74) is 1.10. The predicted molar refractivity (Wildman–Crippen MR) is 65.1 cm³/mol. The van der Waals surface area contributed by atoms with Gasteiger partial charge in [-0.25, -0.2) is 0 Å². The van der Waals surface area contributed by atoms with Crippen molar-refractivity contribution in [2.75, 3.05) is 19.8 Å². The molecule has 2 unspecified atom stereocenters. The van der Waals surface area contributed by atoms with Crippen LogP contribution in [-0.4, -0.2) is 25.8 Å². The van der Waals surface area contributed by atoms with Crippen LogP contribution in [0.2, 0.25) is 0 Å². The van der Waals surface area contributed by atoms with Crippen molar-refractivity contribution in [2.24, 2.45) is 5.92 Å². The van der Waals surface area contributed by atoms with Crippen LogP contribution in [0.15, 0.2) is 12.2 Å². The van der Waals surface area contributed by atoms with E-state index < -0.39 is 0 Å². The van der Waals surface area contributed by atoms with Crippen LogP contribution >= 0.6 is 0 Å². The van der Waals surface area contributed by atoms with E-state index in [1.54, 1.807) is 0 Å². The first-order valence-electron chi connectivity index (χ1n) is 6.19. The molecule has 0 amide bonds. The van der Waals surface area contributed by atoms with Gasteiger partial charge in [0.15, 0.2) is 0 Å². The van der Waals surface area contributed by atoms with Crippen molar-refractivity contribution in [3.8, 4) is 0 Å². The highest BCUT2D eigenvalue weighted by Gasteiger charge is 2.24. The van der Waals surface area contributed by atoms with Crippen LogP contribution in [0.4, 0.5) is 0 Å². The number of nitrogens with one attached hydrogen (secondary N) is 1. The van der Waals surface area contributed by atoms with E-state index in [9.17, 15) is 0 Å². The standard InChI is InChI=1S/C13H25NO/c1-4-12-6-5-7-13(12)14-8-9-15-10-11(2)3/h12-14H,2,4-10H2,1,3H3. The number of rotatable bonds is 7. The van der Waals surface area contributed by atoms with Gasteiger partial charge in [-0.1, -0.05) is 31.9 Å². The highest BCUT2D eigenvalue weighted by Crippen LogP contribution is 2.27. The highest BCUT2D eigenvalue weighted by atomic mass is 16.5. The zero-order chi connectivity index (χ0) is 11.1. The molecule has 0 aromatic carbocycles. The van der Waals surface area contributed by atoms with Crippen molar-refractivity contribution < 1.29 is 4.74 Å². The molecular formula is C13H25NO. The van der Waals surface area contributed by atoms with Gasteiger partial charge < -0.3 is 10.1 Å². The molecule has 0 aliphatic heterocycles. The molecule has 1 saturated carbocycles. The van der Waals surface area contributed by atoms with Crippen molar-refractivity contribution in [1.29, 1.82) is 0 Å². The van der Waals surface area contributed by atoms with Gasteiger partial charge in [0.1, 0.15) is 0 Å². The van der Waals surface area contributed by atoms with Gasteiger partial charge in [-0.3, -0.25) is 0 Å². The average Bonchev–Trinajstić information content (AvgIpc) is 2.64. The van der Waals surface area contributed by atoms with E-state index >= 15 is 0 Å². The van der Waals surface area contributed by atoms with Gasteiger partial charge >= 0.3 is 0 Å². The summed E-state index contributed by atoms with van der Waals surface area (Å²) in [6.07, 6.45) is 5.45. The molecule has 2 nitrogen and oxygen atoms in total. The fourth-order valence-corrected chi connectivity index (χ4v) is 2.36. The minimum absolute atomic E-state index is 0.698. The summed E-state index contributed by atoms with van der Waals surface area (Å²) in [4.78, 5) is 0. The minimum Gasteiger partial charge on any atom is -0.376 e. The smallest absolute Gasteiger partial charge is 0.0672 e. The summed E-state index contributed by atoms with van der Waals surface area (Å²) >= 11 is 0. The van der Waals surface area contributed by atoms with Gasteiger partial charge in [-0.05, 0) is 25.7 Å². The van der Waals surface area contributed by atoms with Gasteiger partial charge in [-0.2, -0.15) is 0 Å². The van der Waals surface area contributed by atoms with Crippen LogP contribution in [0.3, 0.4) is 0 Å². The summed E-state index contributed by atoms with van der Waals surface area (Å²) in [7, 11) is 0. The number of ether oxygens (including phenoxy) is 1. The lowest BCUT2D eigenvalue weighted by Crippen LogP contribution is -2.34. The fourth-order valence-electron chi connectivity index (χ4n) is 2.36. The molecule has 15 heavy (non-hydrogen) atoms. The zero-order valence-electron chi connectivity index (χ0n) is 10.2. The first-order chi connectivity index (χ1) is 7.24. The quantitative estimate of drug-likeness (QED) is 0.516. The lowest BCUT2D eigenvalue weighted by molar-refractivity contribution is 0.153. The molecule has 0 spiro atoms. The zero-order valence-corrected chi connectivity index (χ0v) is 10.2. The molecule has 1 aliphatic rings. The Labute approximate surface area is 94.1 Å². The van der Waals surface area contributed by atoms with Crippen molar-refractivity contribution in [2.45, 2.75) is 45.6 Å². The summed E-state index contributed by atoms with van der Waals surface area (Å²) < 4.78 is 5.46. The van der Waals surface area contributed by atoms with Crippen LogP contribution in [0.5, 0.6) is 0 Å². The Kier molecular flexibility index (Phi) is 5.96. The van der Waals surface area contributed by atoms with E-state index in [0.29, 0.717) is 6.61 Å². The Morgan fingerprint density at radius 2 is 2.27 bits per heavy atom. The van der Waals surface area contributed by atoms with E-state index in [1.165, 1.54) is 25.7 Å². The van der Waals surface area contributed by atoms with E-state index in [2.05, 4.69) is 18.8 Å². The van der Waals surface area contributed by atoms with Crippen LogP contribution in [0, 0.1) is 5.92 Å². The van der Waals surface area contributed by atoms with E-state index in [-0.39, 0.29) is 0 Å². The molecule has 0 saturated heterocycles. The molecule has 1 aliphatic carbocycles. The second kappa shape index (κ2) is 7.02. The Balaban J connectivity index is 2.02. The first kappa shape index (κ1) is 12.7. The molecule has 1 N–H and O–H groups in total. The summed E-state index contributed by atoms with van der Waals surface area (Å²) in [6, 6.07) is 0.739. The van der Waals surface area contributed by atoms with Gasteiger partial charge in [0.2, 0.25) is 0 Å². The second-order valence-electron chi connectivity index (χ2n) is 4.67. The molecule has 0 radical (unpaired) electrons. The maximum atomic E-state index is 5.46. The third-order valence-corrected chi connectivity index (χ3v) is 3.18. The van der Waals surface area contributed by atoms with Crippen LogP contribution in [0.25, 0.3) is 0 Å². The summed E-state index contributed by atoms with van der Waals surface area (Å²) in [5.74, 6) is 0.895. The van der Waals surface area contributed by atoms with Gasteiger partial charge in [0.25, 0.3) is 0 Å². The number of hydrogen-bond donors (Lipinski definition) is 1. The number of hydrogen-bond acceptors (Lipinski definition) is 2. The molecule has 88 valence electrons. The van der Waals surface area contributed by atoms with Crippen LogP contribution < -0.4 is 5.32 Å². The predicted octanol–water partition coefficient (Wildman–Crippen LogP) is 2.75. The average molecular weight is 211 g/mol. The van der Waals surface area contributed by atoms with Gasteiger partial charge in [-0.15, -0.1) is 0 Å². The van der Waals surface area contributed by atoms with Gasteiger partial charge in [0, 0.05) is 12.6 Å². The van der Waals surface area contributed by atoms with E-state index in [0.717, 1.165) is 30.7 Å². The van der Waals surface area contributed by atoms with Crippen molar-refractivity contribution in [3.63, 3.8) is 0 Å². The first-order valence-corrected chi connectivity index (χ1v) is 6.19. The maximum absolute atomic E-state index is 5.46. The molecule has 2 heteroatoms. The Morgan fingerprint density at radius 3 is 2.93 bits per heavy atom. The minimum atomic E-state index is 0.698. The Morgan fingerprint density at radius 1 is 1.47 bits per heavy atom. The van der Waals surface area contributed by atoms with E-state index in [1.807, 2.05) is 6.92 Å². The van der Waals surface area contributed by atoms with Crippen molar-refractivity contribution in [3.05, 3.63) is 12.2 Å². The van der Waals surface area contributed by atoms with Crippen molar-refractivity contribution >= 4 is 0 Å². The van der Waals surface area contributed by atoms with Crippen LogP contribution in [0.1, 0.15) is 39.5 Å². The maximum Gasteiger partial charge on any atom is 0.0672 e. The summed E-state index contributed by atoms with van der Waals surface area (Å²) in [5, 5.41) is 3.60.